The van der Waals surface area contributed by atoms with E-state index in [-0.39, 0.29) is 11.8 Å². The third-order valence-electron chi connectivity index (χ3n) is 2.35. The summed E-state index contributed by atoms with van der Waals surface area (Å²) < 4.78 is 18.8. The van der Waals surface area contributed by atoms with Gasteiger partial charge in [-0.15, -0.1) is 0 Å². The van der Waals surface area contributed by atoms with Crippen LogP contribution in [0, 0.1) is 5.82 Å². The van der Waals surface area contributed by atoms with Crippen LogP contribution in [-0.2, 0) is 6.54 Å². The van der Waals surface area contributed by atoms with Gasteiger partial charge < -0.3 is 15.1 Å². The molecule has 0 saturated carbocycles. The molecular weight excluding hydrogens is 223 g/mol. The molecule has 17 heavy (non-hydrogen) atoms. The van der Waals surface area contributed by atoms with Crippen LogP contribution >= 0.6 is 0 Å². The Morgan fingerprint density at radius 1 is 1.53 bits per heavy atom. The van der Waals surface area contributed by atoms with Gasteiger partial charge in [0.25, 0.3) is 0 Å². The predicted molar refractivity (Wildman–Crippen MR) is 61.8 cm³/mol. The van der Waals surface area contributed by atoms with Crippen molar-refractivity contribution in [1.82, 2.24) is 9.97 Å². The fraction of sp³-hybridized carbons (Fsp3) is 0.273. The fourth-order valence-electron chi connectivity index (χ4n) is 1.52. The molecule has 0 saturated heterocycles. The first kappa shape index (κ1) is 11.4. The van der Waals surface area contributed by atoms with Gasteiger partial charge in [-0.3, -0.25) is 0 Å². The quantitative estimate of drug-likeness (QED) is 0.876. The zero-order valence-corrected chi connectivity index (χ0v) is 9.43. The summed E-state index contributed by atoms with van der Waals surface area (Å²) in [6.07, 6.45) is 2.65. The van der Waals surface area contributed by atoms with Crippen LogP contribution in [-0.4, -0.2) is 16.5 Å². The second kappa shape index (κ2) is 4.82. The second-order valence-corrected chi connectivity index (χ2v) is 3.49. The van der Waals surface area contributed by atoms with E-state index in [0.29, 0.717) is 13.1 Å². The second-order valence-electron chi connectivity index (χ2n) is 3.49. The fourth-order valence-corrected chi connectivity index (χ4v) is 1.52. The summed E-state index contributed by atoms with van der Waals surface area (Å²) >= 11 is 0. The molecule has 2 N–H and O–H groups in total. The first-order valence-corrected chi connectivity index (χ1v) is 5.26. The highest BCUT2D eigenvalue weighted by atomic mass is 19.1. The molecule has 0 radical (unpaired) electrons. The molecule has 0 bridgehead atoms. The molecule has 0 aliphatic rings. The summed E-state index contributed by atoms with van der Waals surface area (Å²) in [6.45, 7) is 2.94. The summed E-state index contributed by atoms with van der Waals surface area (Å²) in [5, 5.41) is 0. The van der Waals surface area contributed by atoms with Crippen molar-refractivity contribution in [1.29, 1.82) is 0 Å². The number of furan rings is 1. The molecule has 6 heteroatoms. The summed E-state index contributed by atoms with van der Waals surface area (Å²) in [5.41, 5.74) is 5.45. The van der Waals surface area contributed by atoms with Gasteiger partial charge in [-0.1, -0.05) is 0 Å². The first-order valence-electron chi connectivity index (χ1n) is 5.26. The maximum absolute atomic E-state index is 13.6. The average Bonchev–Trinajstić information content (AvgIpc) is 2.82. The first-order chi connectivity index (χ1) is 8.20. The minimum Gasteiger partial charge on any atom is -0.467 e. The molecule has 0 atom stereocenters. The highest BCUT2D eigenvalue weighted by Crippen LogP contribution is 2.18. The van der Waals surface area contributed by atoms with E-state index in [1.54, 1.807) is 17.2 Å². The topological polar surface area (TPSA) is 68.2 Å². The normalized spacial score (nSPS) is 10.5. The van der Waals surface area contributed by atoms with Crippen LogP contribution in [0.4, 0.5) is 16.2 Å². The van der Waals surface area contributed by atoms with E-state index in [1.165, 1.54) is 0 Å². The Morgan fingerprint density at radius 3 is 3.00 bits per heavy atom. The van der Waals surface area contributed by atoms with Gasteiger partial charge in [0.1, 0.15) is 5.76 Å². The third-order valence-corrected chi connectivity index (χ3v) is 2.35. The van der Waals surface area contributed by atoms with Crippen molar-refractivity contribution >= 4 is 11.8 Å². The maximum Gasteiger partial charge on any atom is 0.222 e. The predicted octanol–water partition coefficient (Wildman–Crippen LogP) is 1.82. The van der Waals surface area contributed by atoms with E-state index in [0.717, 1.165) is 12.0 Å². The Morgan fingerprint density at radius 2 is 2.35 bits per heavy atom. The van der Waals surface area contributed by atoms with E-state index < -0.39 is 5.82 Å². The van der Waals surface area contributed by atoms with Gasteiger partial charge in [-0.2, -0.15) is 4.98 Å². The molecule has 2 heterocycles. The minimum atomic E-state index is -0.493. The zero-order chi connectivity index (χ0) is 12.3. The molecule has 0 aliphatic heterocycles. The number of aromatic nitrogens is 2. The van der Waals surface area contributed by atoms with Crippen molar-refractivity contribution in [2.24, 2.45) is 0 Å². The SMILES string of the molecule is CCN(Cc1ccco1)c1nc(N)ncc1F. The Bertz CT molecular complexity index is 486. The van der Waals surface area contributed by atoms with E-state index >= 15 is 0 Å². The van der Waals surface area contributed by atoms with Crippen LogP contribution in [0.5, 0.6) is 0 Å². The maximum atomic E-state index is 13.6. The third kappa shape index (κ3) is 2.52. The lowest BCUT2D eigenvalue weighted by Gasteiger charge is -2.20. The molecule has 0 fully saturated rings. The van der Waals surface area contributed by atoms with E-state index in [1.807, 2.05) is 13.0 Å². The van der Waals surface area contributed by atoms with Crippen molar-refractivity contribution in [3.8, 4) is 0 Å². The van der Waals surface area contributed by atoms with Crippen LogP contribution in [0.1, 0.15) is 12.7 Å². The molecule has 90 valence electrons. The van der Waals surface area contributed by atoms with Crippen LogP contribution < -0.4 is 10.6 Å². The van der Waals surface area contributed by atoms with E-state index in [9.17, 15) is 4.39 Å². The molecule has 2 aromatic rings. The molecule has 5 nitrogen and oxygen atoms in total. The smallest absolute Gasteiger partial charge is 0.222 e. The summed E-state index contributed by atoms with van der Waals surface area (Å²) in [6, 6.07) is 3.61. The number of halogens is 1. The number of anilines is 2. The van der Waals surface area contributed by atoms with Crippen molar-refractivity contribution < 1.29 is 8.81 Å². The largest absolute Gasteiger partial charge is 0.467 e. The summed E-state index contributed by atoms with van der Waals surface area (Å²) in [4.78, 5) is 9.22. The highest BCUT2D eigenvalue weighted by molar-refractivity contribution is 5.42. The van der Waals surface area contributed by atoms with Crippen LogP contribution in [0.3, 0.4) is 0 Å². The van der Waals surface area contributed by atoms with Crippen LogP contribution in [0.15, 0.2) is 29.0 Å². The Labute approximate surface area is 98.1 Å². The van der Waals surface area contributed by atoms with Crippen molar-refractivity contribution in [2.45, 2.75) is 13.5 Å². The lowest BCUT2D eigenvalue weighted by molar-refractivity contribution is 0.499. The standard InChI is InChI=1S/C11H13FN4O/c1-2-16(7-8-4-3-5-17-8)10-9(12)6-14-11(13)15-10/h3-6H,2,7H2,1H3,(H2,13,14,15). The molecule has 0 aliphatic carbocycles. The molecule has 2 rings (SSSR count). The average molecular weight is 236 g/mol. The Kier molecular flexibility index (Phi) is 3.22. The molecule has 0 aromatic carbocycles. The number of rotatable bonds is 4. The number of hydrogen-bond acceptors (Lipinski definition) is 5. The van der Waals surface area contributed by atoms with Gasteiger partial charge >= 0.3 is 0 Å². The number of hydrogen-bond donors (Lipinski definition) is 1. The molecule has 2 aromatic heterocycles. The Balaban J connectivity index is 2.25. The van der Waals surface area contributed by atoms with Crippen molar-refractivity contribution in [3.05, 3.63) is 36.2 Å². The molecule has 0 amide bonds. The lowest BCUT2D eigenvalue weighted by Crippen LogP contribution is -2.24. The van der Waals surface area contributed by atoms with Gasteiger partial charge in [0.2, 0.25) is 5.95 Å². The molecule has 0 spiro atoms. The number of nitrogens with zero attached hydrogens (tertiary/aromatic N) is 3. The number of nitrogens with two attached hydrogens (primary N) is 1. The van der Waals surface area contributed by atoms with Gasteiger partial charge in [0.05, 0.1) is 19.0 Å². The van der Waals surface area contributed by atoms with Crippen LogP contribution in [0.25, 0.3) is 0 Å². The highest BCUT2D eigenvalue weighted by Gasteiger charge is 2.14. The van der Waals surface area contributed by atoms with Gasteiger partial charge in [0.15, 0.2) is 11.6 Å². The monoisotopic (exact) mass is 236 g/mol. The van der Waals surface area contributed by atoms with Gasteiger partial charge in [-0.25, -0.2) is 9.37 Å². The van der Waals surface area contributed by atoms with Crippen molar-refractivity contribution in [2.75, 3.05) is 17.2 Å². The van der Waals surface area contributed by atoms with Gasteiger partial charge in [-0.05, 0) is 19.1 Å². The molecular formula is C11H13FN4O. The zero-order valence-electron chi connectivity index (χ0n) is 9.43. The number of nitrogen functional groups attached to an aromatic ring is 1. The lowest BCUT2D eigenvalue weighted by atomic mass is 10.3. The minimum absolute atomic E-state index is 0.0549. The van der Waals surface area contributed by atoms with E-state index in [4.69, 9.17) is 10.2 Å². The summed E-state index contributed by atoms with van der Waals surface area (Å²) in [5.74, 6) is 0.492. The summed E-state index contributed by atoms with van der Waals surface area (Å²) in [7, 11) is 0. The van der Waals surface area contributed by atoms with Crippen molar-refractivity contribution in [3.63, 3.8) is 0 Å². The molecule has 0 unspecified atom stereocenters. The van der Waals surface area contributed by atoms with E-state index in [2.05, 4.69) is 9.97 Å². The Hall–Kier alpha value is -2.11. The van der Waals surface area contributed by atoms with Crippen LogP contribution in [0.2, 0.25) is 0 Å². The van der Waals surface area contributed by atoms with Gasteiger partial charge in [0, 0.05) is 6.54 Å².